The summed E-state index contributed by atoms with van der Waals surface area (Å²) in [6.45, 7) is 0.522. The maximum absolute atomic E-state index is 10.5. The minimum absolute atomic E-state index is 0.522. The summed E-state index contributed by atoms with van der Waals surface area (Å²) in [7, 11) is -0.706. The molecule has 0 spiro atoms. The third-order valence-electron chi connectivity index (χ3n) is 1.00. The molecule has 10 heavy (non-hydrogen) atoms. The summed E-state index contributed by atoms with van der Waals surface area (Å²) in [5, 5.41) is 3.35. The molecule has 0 aromatic rings. The number of rotatable bonds is 5. The smallest absolute Gasteiger partial charge is 0.0258 e. The van der Waals surface area contributed by atoms with Gasteiger partial charge in [-0.05, 0) is 18.4 Å². The summed E-state index contributed by atoms with van der Waals surface area (Å²) in [6.07, 6.45) is 3.39. The average molecular weight is 161 g/mol. The molecule has 0 radical (unpaired) electrons. The lowest BCUT2D eigenvalue weighted by atomic mass is 10.3. The van der Waals surface area contributed by atoms with E-state index < -0.39 is 10.8 Å². The SMILES string of the molecule is C[S@](=O)CCCCN=[N+]=[N-]. The molecule has 0 aliphatic heterocycles. The summed E-state index contributed by atoms with van der Waals surface area (Å²) >= 11 is 0. The van der Waals surface area contributed by atoms with Crippen LogP contribution in [0.5, 0.6) is 0 Å². The Morgan fingerprint density at radius 2 is 2.30 bits per heavy atom. The van der Waals surface area contributed by atoms with Crippen molar-refractivity contribution < 1.29 is 4.21 Å². The topological polar surface area (TPSA) is 65.8 Å². The van der Waals surface area contributed by atoms with Gasteiger partial charge in [-0.25, -0.2) is 0 Å². The molecule has 0 heterocycles. The molecule has 5 heteroatoms. The molecule has 0 fully saturated rings. The maximum Gasteiger partial charge on any atom is 0.0258 e. The Morgan fingerprint density at radius 1 is 1.60 bits per heavy atom. The van der Waals surface area contributed by atoms with Crippen molar-refractivity contribution >= 4 is 10.8 Å². The zero-order valence-electron chi connectivity index (χ0n) is 5.99. The molecule has 0 amide bonds. The van der Waals surface area contributed by atoms with Crippen LogP contribution < -0.4 is 0 Å². The van der Waals surface area contributed by atoms with Gasteiger partial charge in [0.05, 0.1) is 0 Å². The normalized spacial score (nSPS) is 12.1. The quantitative estimate of drug-likeness (QED) is 0.260. The highest BCUT2D eigenvalue weighted by Crippen LogP contribution is 1.91. The molecule has 1 atom stereocenters. The standard InChI is InChI=1S/C5H11N3OS/c1-10(9)5-3-2-4-7-8-6/h2-5H2,1H3/t10-/m0/s1. The first kappa shape index (κ1) is 9.46. The van der Waals surface area contributed by atoms with Crippen LogP contribution in [-0.2, 0) is 10.8 Å². The highest BCUT2D eigenvalue weighted by Gasteiger charge is 1.89. The number of hydrogen-bond donors (Lipinski definition) is 0. The van der Waals surface area contributed by atoms with E-state index in [1.54, 1.807) is 6.26 Å². The van der Waals surface area contributed by atoms with E-state index in [0.29, 0.717) is 12.3 Å². The second-order valence-corrected chi connectivity index (χ2v) is 3.49. The Labute approximate surface area is 62.7 Å². The monoisotopic (exact) mass is 161 g/mol. The van der Waals surface area contributed by atoms with E-state index in [1.165, 1.54) is 0 Å². The van der Waals surface area contributed by atoms with Crippen LogP contribution in [0.1, 0.15) is 12.8 Å². The molecular weight excluding hydrogens is 150 g/mol. The zero-order valence-corrected chi connectivity index (χ0v) is 6.80. The van der Waals surface area contributed by atoms with Crippen molar-refractivity contribution in [1.29, 1.82) is 0 Å². The molecule has 0 saturated carbocycles. The fourth-order valence-electron chi connectivity index (χ4n) is 0.533. The minimum atomic E-state index is -0.706. The molecule has 58 valence electrons. The second kappa shape index (κ2) is 6.58. The van der Waals surface area contributed by atoms with Crippen molar-refractivity contribution in [2.75, 3.05) is 18.6 Å². The van der Waals surface area contributed by atoms with Crippen molar-refractivity contribution in [2.45, 2.75) is 12.8 Å². The van der Waals surface area contributed by atoms with E-state index in [-0.39, 0.29) is 0 Å². The van der Waals surface area contributed by atoms with E-state index >= 15 is 0 Å². The molecule has 0 bridgehead atoms. The van der Waals surface area contributed by atoms with Gasteiger partial charge in [0.2, 0.25) is 0 Å². The molecule has 0 N–H and O–H groups in total. The lowest BCUT2D eigenvalue weighted by Gasteiger charge is -1.92. The summed E-state index contributed by atoms with van der Waals surface area (Å²) in [4.78, 5) is 2.60. The molecular formula is C5H11N3OS. The van der Waals surface area contributed by atoms with Gasteiger partial charge in [0.25, 0.3) is 0 Å². The third kappa shape index (κ3) is 7.46. The number of nitrogens with zero attached hydrogens (tertiary/aromatic N) is 3. The Hall–Kier alpha value is -0.540. The van der Waals surface area contributed by atoms with Crippen LogP contribution in [0.15, 0.2) is 5.11 Å². The van der Waals surface area contributed by atoms with Crippen molar-refractivity contribution in [1.82, 2.24) is 0 Å². The van der Waals surface area contributed by atoms with Crippen molar-refractivity contribution in [2.24, 2.45) is 5.11 Å². The summed E-state index contributed by atoms with van der Waals surface area (Å²) in [5.41, 5.74) is 7.87. The fourth-order valence-corrected chi connectivity index (χ4v) is 1.14. The Morgan fingerprint density at radius 3 is 2.80 bits per heavy atom. The summed E-state index contributed by atoms with van der Waals surface area (Å²) < 4.78 is 10.5. The highest BCUT2D eigenvalue weighted by molar-refractivity contribution is 7.84. The van der Waals surface area contributed by atoms with E-state index in [1.807, 2.05) is 0 Å². The van der Waals surface area contributed by atoms with Gasteiger partial charge in [-0.15, -0.1) is 0 Å². The molecule has 0 aromatic heterocycles. The number of azide groups is 1. The summed E-state index contributed by atoms with van der Waals surface area (Å²) in [6, 6.07) is 0. The van der Waals surface area contributed by atoms with E-state index in [4.69, 9.17) is 5.53 Å². The lowest BCUT2D eigenvalue weighted by Crippen LogP contribution is -1.94. The predicted molar refractivity (Wildman–Crippen MR) is 42.2 cm³/mol. The third-order valence-corrected chi connectivity index (χ3v) is 1.87. The molecule has 4 nitrogen and oxygen atoms in total. The Balaban J connectivity index is 3.05. The average Bonchev–Trinajstić information content (AvgIpc) is 1.87. The van der Waals surface area contributed by atoms with Gasteiger partial charge in [0.15, 0.2) is 0 Å². The van der Waals surface area contributed by atoms with Crippen LogP contribution >= 0.6 is 0 Å². The van der Waals surface area contributed by atoms with Crippen LogP contribution in [0, 0.1) is 0 Å². The largest absolute Gasteiger partial charge is 0.260 e. The van der Waals surface area contributed by atoms with Gasteiger partial charge in [0, 0.05) is 34.3 Å². The predicted octanol–water partition coefficient (Wildman–Crippen LogP) is 1.46. The first-order valence-corrected chi connectivity index (χ1v) is 4.81. The fraction of sp³-hybridized carbons (Fsp3) is 1.00. The van der Waals surface area contributed by atoms with Crippen molar-refractivity contribution in [3.63, 3.8) is 0 Å². The Kier molecular flexibility index (Phi) is 6.22. The molecule has 0 aliphatic carbocycles. The van der Waals surface area contributed by atoms with Crippen LogP contribution in [0.25, 0.3) is 10.4 Å². The molecule has 0 aromatic carbocycles. The molecule has 0 unspecified atom stereocenters. The van der Waals surface area contributed by atoms with Crippen molar-refractivity contribution in [3.05, 3.63) is 10.4 Å². The first-order chi connectivity index (χ1) is 4.77. The van der Waals surface area contributed by atoms with Gasteiger partial charge in [-0.2, -0.15) is 0 Å². The van der Waals surface area contributed by atoms with Crippen LogP contribution in [-0.4, -0.2) is 22.8 Å². The number of unbranched alkanes of at least 4 members (excludes halogenated alkanes) is 1. The van der Waals surface area contributed by atoms with E-state index in [9.17, 15) is 4.21 Å². The Bertz CT molecular complexity index is 149. The maximum atomic E-state index is 10.5. The van der Waals surface area contributed by atoms with Gasteiger partial charge >= 0.3 is 0 Å². The van der Waals surface area contributed by atoms with Crippen LogP contribution in [0.2, 0.25) is 0 Å². The second-order valence-electron chi connectivity index (χ2n) is 1.94. The minimum Gasteiger partial charge on any atom is -0.260 e. The molecule has 0 rings (SSSR count). The molecule has 0 aliphatic rings. The zero-order chi connectivity index (χ0) is 7.82. The van der Waals surface area contributed by atoms with E-state index in [2.05, 4.69) is 10.0 Å². The first-order valence-electron chi connectivity index (χ1n) is 3.08. The van der Waals surface area contributed by atoms with E-state index in [0.717, 1.165) is 12.8 Å². The van der Waals surface area contributed by atoms with Gasteiger partial charge in [-0.3, -0.25) is 4.21 Å². The summed E-state index contributed by atoms with van der Waals surface area (Å²) in [5.74, 6) is 0.709. The van der Waals surface area contributed by atoms with Gasteiger partial charge < -0.3 is 0 Å². The van der Waals surface area contributed by atoms with Crippen molar-refractivity contribution in [3.8, 4) is 0 Å². The van der Waals surface area contributed by atoms with Gasteiger partial charge in [-0.1, -0.05) is 5.11 Å². The van der Waals surface area contributed by atoms with Gasteiger partial charge in [0.1, 0.15) is 0 Å². The molecule has 0 saturated heterocycles. The number of hydrogen-bond acceptors (Lipinski definition) is 2. The van der Waals surface area contributed by atoms with Crippen LogP contribution in [0.4, 0.5) is 0 Å². The van der Waals surface area contributed by atoms with Crippen LogP contribution in [0.3, 0.4) is 0 Å². The lowest BCUT2D eigenvalue weighted by molar-refractivity contribution is 0.682. The highest BCUT2D eigenvalue weighted by atomic mass is 32.2.